The standard InChI is InChI=1S/C11H22N2O/c1-2-11(3-6-12-5-1)13-8-10-4-7-14-9-10/h10-13H,1-9H2. The molecule has 3 nitrogen and oxygen atoms in total. The lowest BCUT2D eigenvalue weighted by Gasteiger charge is -2.18. The first-order chi connectivity index (χ1) is 6.95. The molecule has 2 aliphatic rings. The van der Waals surface area contributed by atoms with Crippen LogP contribution in [0.25, 0.3) is 0 Å². The second-order valence-corrected chi connectivity index (χ2v) is 4.52. The third kappa shape index (κ3) is 3.23. The van der Waals surface area contributed by atoms with E-state index in [4.69, 9.17) is 4.74 Å². The molecule has 0 aromatic heterocycles. The van der Waals surface area contributed by atoms with Gasteiger partial charge >= 0.3 is 0 Å². The van der Waals surface area contributed by atoms with Gasteiger partial charge in [-0.25, -0.2) is 0 Å². The van der Waals surface area contributed by atoms with Crippen molar-refractivity contribution in [1.82, 2.24) is 10.6 Å². The normalized spacial score (nSPS) is 34.3. The Morgan fingerprint density at radius 2 is 2.21 bits per heavy atom. The van der Waals surface area contributed by atoms with Crippen molar-refractivity contribution >= 4 is 0 Å². The molecule has 2 N–H and O–H groups in total. The molecule has 2 saturated heterocycles. The lowest BCUT2D eigenvalue weighted by atomic mass is 10.1. The zero-order valence-corrected chi connectivity index (χ0v) is 8.93. The van der Waals surface area contributed by atoms with Crippen LogP contribution in [0.1, 0.15) is 25.7 Å². The fourth-order valence-electron chi connectivity index (χ4n) is 2.30. The van der Waals surface area contributed by atoms with E-state index in [9.17, 15) is 0 Å². The van der Waals surface area contributed by atoms with Crippen LogP contribution >= 0.6 is 0 Å². The second kappa shape index (κ2) is 5.69. The van der Waals surface area contributed by atoms with Crippen LogP contribution in [0.15, 0.2) is 0 Å². The maximum absolute atomic E-state index is 5.37. The van der Waals surface area contributed by atoms with Crippen molar-refractivity contribution in [1.29, 1.82) is 0 Å². The molecular weight excluding hydrogens is 176 g/mol. The van der Waals surface area contributed by atoms with Crippen LogP contribution in [0.5, 0.6) is 0 Å². The highest BCUT2D eigenvalue weighted by Gasteiger charge is 2.17. The Hall–Kier alpha value is -0.120. The third-order valence-corrected chi connectivity index (χ3v) is 3.29. The largest absolute Gasteiger partial charge is 0.381 e. The summed E-state index contributed by atoms with van der Waals surface area (Å²) in [4.78, 5) is 0. The fraction of sp³-hybridized carbons (Fsp3) is 1.00. The molecule has 0 radical (unpaired) electrons. The van der Waals surface area contributed by atoms with E-state index >= 15 is 0 Å². The van der Waals surface area contributed by atoms with Gasteiger partial charge in [-0.1, -0.05) is 0 Å². The van der Waals surface area contributed by atoms with Crippen molar-refractivity contribution in [2.45, 2.75) is 31.7 Å². The van der Waals surface area contributed by atoms with E-state index in [-0.39, 0.29) is 0 Å². The number of hydrogen-bond donors (Lipinski definition) is 2. The first-order valence-electron chi connectivity index (χ1n) is 5.97. The van der Waals surface area contributed by atoms with Crippen molar-refractivity contribution in [3.63, 3.8) is 0 Å². The van der Waals surface area contributed by atoms with Gasteiger partial charge in [0.15, 0.2) is 0 Å². The van der Waals surface area contributed by atoms with E-state index in [0.29, 0.717) is 0 Å². The zero-order chi connectivity index (χ0) is 9.64. The van der Waals surface area contributed by atoms with Gasteiger partial charge in [0, 0.05) is 19.2 Å². The van der Waals surface area contributed by atoms with E-state index in [1.54, 1.807) is 0 Å². The third-order valence-electron chi connectivity index (χ3n) is 3.29. The van der Waals surface area contributed by atoms with E-state index < -0.39 is 0 Å². The molecule has 2 aliphatic heterocycles. The quantitative estimate of drug-likeness (QED) is 0.702. The predicted molar refractivity (Wildman–Crippen MR) is 57.4 cm³/mol. The summed E-state index contributed by atoms with van der Waals surface area (Å²) in [5.74, 6) is 0.770. The molecule has 14 heavy (non-hydrogen) atoms. The molecule has 3 heteroatoms. The molecule has 0 aromatic carbocycles. The van der Waals surface area contributed by atoms with Gasteiger partial charge in [0.05, 0.1) is 6.61 Å². The predicted octanol–water partition coefficient (Wildman–Crippen LogP) is 0.755. The Bertz CT molecular complexity index is 149. The average molecular weight is 198 g/mol. The van der Waals surface area contributed by atoms with Crippen LogP contribution in [0.4, 0.5) is 0 Å². The van der Waals surface area contributed by atoms with Gasteiger partial charge in [-0.05, 0) is 44.7 Å². The molecule has 2 fully saturated rings. The summed E-state index contributed by atoms with van der Waals surface area (Å²) in [7, 11) is 0. The Balaban J connectivity index is 1.62. The second-order valence-electron chi connectivity index (χ2n) is 4.52. The Morgan fingerprint density at radius 1 is 1.21 bits per heavy atom. The van der Waals surface area contributed by atoms with Crippen molar-refractivity contribution in [2.75, 3.05) is 32.8 Å². The molecule has 0 amide bonds. The minimum absolute atomic E-state index is 0.741. The summed E-state index contributed by atoms with van der Waals surface area (Å²) >= 11 is 0. The average Bonchev–Trinajstić information content (AvgIpc) is 2.58. The van der Waals surface area contributed by atoms with Gasteiger partial charge in [0.1, 0.15) is 0 Å². The zero-order valence-electron chi connectivity index (χ0n) is 8.93. The Morgan fingerprint density at radius 3 is 3.07 bits per heavy atom. The minimum Gasteiger partial charge on any atom is -0.381 e. The van der Waals surface area contributed by atoms with Gasteiger partial charge in [0.2, 0.25) is 0 Å². The first-order valence-corrected chi connectivity index (χ1v) is 5.97. The molecule has 0 saturated carbocycles. The number of nitrogens with one attached hydrogen (secondary N) is 2. The van der Waals surface area contributed by atoms with Crippen molar-refractivity contribution in [3.8, 4) is 0 Å². The van der Waals surface area contributed by atoms with E-state index in [1.165, 1.54) is 38.8 Å². The fourth-order valence-corrected chi connectivity index (χ4v) is 2.30. The topological polar surface area (TPSA) is 33.3 Å². The molecule has 0 bridgehead atoms. The molecule has 2 unspecified atom stereocenters. The lowest BCUT2D eigenvalue weighted by Crippen LogP contribution is -2.34. The molecule has 0 aliphatic carbocycles. The van der Waals surface area contributed by atoms with E-state index in [1.807, 2.05) is 0 Å². The number of ether oxygens (including phenoxy) is 1. The molecule has 0 aromatic rings. The van der Waals surface area contributed by atoms with E-state index in [0.717, 1.165) is 31.7 Å². The number of rotatable bonds is 3. The van der Waals surface area contributed by atoms with Crippen LogP contribution < -0.4 is 10.6 Å². The van der Waals surface area contributed by atoms with Gasteiger partial charge < -0.3 is 15.4 Å². The monoisotopic (exact) mass is 198 g/mol. The SMILES string of the molecule is C1CNCCC(NCC2CCOC2)C1. The van der Waals surface area contributed by atoms with Crippen LogP contribution in [-0.4, -0.2) is 38.9 Å². The maximum atomic E-state index is 5.37. The van der Waals surface area contributed by atoms with Gasteiger partial charge in [-0.2, -0.15) is 0 Å². The highest BCUT2D eigenvalue weighted by molar-refractivity contribution is 4.75. The van der Waals surface area contributed by atoms with Crippen LogP contribution in [-0.2, 0) is 4.74 Å². The Labute approximate surface area is 86.6 Å². The van der Waals surface area contributed by atoms with Crippen LogP contribution in [0, 0.1) is 5.92 Å². The summed E-state index contributed by atoms with van der Waals surface area (Å²) in [6.07, 6.45) is 5.19. The molecule has 2 rings (SSSR count). The highest BCUT2D eigenvalue weighted by atomic mass is 16.5. The van der Waals surface area contributed by atoms with Gasteiger partial charge in [0.25, 0.3) is 0 Å². The van der Waals surface area contributed by atoms with Crippen LogP contribution in [0.2, 0.25) is 0 Å². The summed E-state index contributed by atoms with van der Waals surface area (Å²) in [6, 6.07) is 0.741. The molecule has 82 valence electrons. The van der Waals surface area contributed by atoms with Crippen molar-refractivity contribution in [3.05, 3.63) is 0 Å². The molecule has 2 heterocycles. The molecule has 0 spiro atoms. The minimum atomic E-state index is 0.741. The maximum Gasteiger partial charge on any atom is 0.0507 e. The Kier molecular flexibility index (Phi) is 4.22. The van der Waals surface area contributed by atoms with Crippen molar-refractivity contribution < 1.29 is 4.74 Å². The molecular formula is C11H22N2O. The van der Waals surface area contributed by atoms with Gasteiger partial charge in [-0.3, -0.25) is 0 Å². The summed E-state index contributed by atoms with van der Waals surface area (Å²) in [5.41, 5.74) is 0. The molecule has 2 atom stereocenters. The summed E-state index contributed by atoms with van der Waals surface area (Å²) in [6.45, 7) is 5.48. The smallest absolute Gasteiger partial charge is 0.0507 e. The van der Waals surface area contributed by atoms with Gasteiger partial charge in [-0.15, -0.1) is 0 Å². The van der Waals surface area contributed by atoms with Crippen molar-refractivity contribution in [2.24, 2.45) is 5.92 Å². The summed E-state index contributed by atoms with van der Waals surface area (Å²) < 4.78 is 5.37. The lowest BCUT2D eigenvalue weighted by molar-refractivity contribution is 0.184. The first kappa shape index (κ1) is 10.4. The summed E-state index contributed by atoms with van der Waals surface area (Å²) in [5, 5.41) is 7.12. The van der Waals surface area contributed by atoms with E-state index in [2.05, 4.69) is 10.6 Å². The number of hydrogen-bond acceptors (Lipinski definition) is 3. The highest BCUT2D eigenvalue weighted by Crippen LogP contribution is 2.12. The van der Waals surface area contributed by atoms with Crippen LogP contribution in [0.3, 0.4) is 0 Å².